The Kier molecular flexibility index (Phi) is 3.87. The van der Waals surface area contributed by atoms with Crippen LogP contribution in [0.25, 0.3) is 0 Å². The molecule has 0 bridgehead atoms. The van der Waals surface area contributed by atoms with Crippen molar-refractivity contribution in [2.45, 2.75) is 25.7 Å². The zero-order valence-electron chi connectivity index (χ0n) is 8.81. The molecule has 7 N–H and O–H groups in total. The molecule has 7 nitrogen and oxygen atoms in total. The van der Waals surface area contributed by atoms with Crippen LogP contribution in [0, 0.1) is 0 Å². The molecule has 0 amide bonds. The normalized spacial score (nSPS) is 10.2. The predicted molar refractivity (Wildman–Crippen MR) is 60.5 cm³/mol. The molecule has 0 aromatic carbocycles. The number of hydrogen-bond donors (Lipinski definition) is 4. The van der Waals surface area contributed by atoms with Gasteiger partial charge in [-0.2, -0.15) is 9.97 Å². The van der Waals surface area contributed by atoms with E-state index in [0.717, 1.165) is 0 Å². The number of nitrogens with zero attached hydrogens (tertiary/aromatic N) is 2. The number of nitrogens with two attached hydrogens (primary N) is 3. The van der Waals surface area contributed by atoms with E-state index in [4.69, 9.17) is 22.3 Å². The maximum absolute atomic E-state index is 10.3. The Labute approximate surface area is 92.7 Å². The van der Waals surface area contributed by atoms with Gasteiger partial charge in [-0.05, 0) is 19.3 Å². The highest BCUT2D eigenvalue weighted by Gasteiger charge is 2.08. The number of anilines is 3. The Morgan fingerprint density at radius 2 is 1.69 bits per heavy atom. The van der Waals surface area contributed by atoms with E-state index in [1.807, 2.05) is 0 Å². The van der Waals surface area contributed by atoms with Crippen LogP contribution in [0.4, 0.5) is 17.6 Å². The quantitative estimate of drug-likeness (QED) is 0.517. The van der Waals surface area contributed by atoms with Gasteiger partial charge in [0, 0.05) is 12.0 Å². The number of carboxylic acid groups (broad SMARTS) is 1. The largest absolute Gasteiger partial charge is 0.481 e. The van der Waals surface area contributed by atoms with Crippen molar-refractivity contribution in [1.29, 1.82) is 0 Å². The summed E-state index contributed by atoms with van der Waals surface area (Å²) < 4.78 is 0. The first-order valence-electron chi connectivity index (χ1n) is 4.90. The summed E-state index contributed by atoms with van der Waals surface area (Å²) in [6, 6.07) is 0. The monoisotopic (exact) mass is 225 g/mol. The lowest BCUT2D eigenvalue weighted by Crippen LogP contribution is -2.09. The Bertz CT molecular complexity index is 370. The van der Waals surface area contributed by atoms with Gasteiger partial charge in [0.1, 0.15) is 11.6 Å². The lowest BCUT2D eigenvalue weighted by Gasteiger charge is -2.07. The molecule has 0 fully saturated rings. The summed E-state index contributed by atoms with van der Waals surface area (Å²) in [7, 11) is 0. The van der Waals surface area contributed by atoms with Crippen LogP contribution in [-0.2, 0) is 11.2 Å². The molecule has 88 valence electrons. The van der Waals surface area contributed by atoms with Gasteiger partial charge in [0.05, 0.1) is 0 Å². The fraction of sp³-hybridized carbons (Fsp3) is 0.444. The molecular weight excluding hydrogens is 210 g/mol. The second kappa shape index (κ2) is 5.15. The van der Waals surface area contributed by atoms with Crippen molar-refractivity contribution in [2.24, 2.45) is 0 Å². The van der Waals surface area contributed by atoms with Gasteiger partial charge in [0.25, 0.3) is 0 Å². The van der Waals surface area contributed by atoms with Gasteiger partial charge in [-0.25, -0.2) is 0 Å². The van der Waals surface area contributed by atoms with Crippen LogP contribution >= 0.6 is 0 Å². The molecule has 0 aliphatic heterocycles. The molecule has 0 atom stereocenters. The summed E-state index contributed by atoms with van der Waals surface area (Å²) in [5, 5.41) is 8.47. The molecule has 0 unspecified atom stereocenters. The molecule has 0 saturated carbocycles. The summed E-state index contributed by atoms with van der Waals surface area (Å²) in [5.74, 6) is -0.237. The predicted octanol–water partition coefficient (Wildman–Crippen LogP) is 0.0206. The number of carboxylic acids is 1. The van der Waals surface area contributed by atoms with Crippen molar-refractivity contribution in [3.63, 3.8) is 0 Å². The minimum absolute atomic E-state index is 0.0456. The van der Waals surface area contributed by atoms with Crippen LogP contribution in [0.3, 0.4) is 0 Å². The fourth-order valence-electron chi connectivity index (χ4n) is 1.37. The summed E-state index contributed by atoms with van der Waals surface area (Å²) >= 11 is 0. The number of carbonyl (C=O) groups is 1. The first-order chi connectivity index (χ1) is 7.50. The molecule has 0 aliphatic carbocycles. The van der Waals surface area contributed by atoms with E-state index in [9.17, 15) is 4.79 Å². The Morgan fingerprint density at radius 1 is 1.12 bits per heavy atom. The van der Waals surface area contributed by atoms with E-state index in [2.05, 4.69) is 9.97 Å². The third-order valence-electron chi connectivity index (χ3n) is 2.16. The highest BCUT2D eigenvalue weighted by Crippen LogP contribution is 2.19. The molecule has 7 heteroatoms. The van der Waals surface area contributed by atoms with Gasteiger partial charge in [0.2, 0.25) is 5.95 Å². The summed E-state index contributed by atoms with van der Waals surface area (Å²) in [6.07, 6.45) is 1.94. The molecule has 0 radical (unpaired) electrons. The number of aliphatic carboxylic acids is 1. The van der Waals surface area contributed by atoms with Crippen molar-refractivity contribution in [3.05, 3.63) is 5.56 Å². The lowest BCUT2D eigenvalue weighted by atomic mass is 10.1. The van der Waals surface area contributed by atoms with Crippen molar-refractivity contribution in [1.82, 2.24) is 9.97 Å². The van der Waals surface area contributed by atoms with E-state index < -0.39 is 5.97 Å². The molecule has 0 saturated heterocycles. The molecule has 0 spiro atoms. The van der Waals surface area contributed by atoms with Gasteiger partial charge in [-0.15, -0.1) is 0 Å². The maximum Gasteiger partial charge on any atom is 0.303 e. The second-order valence-corrected chi connectivity index (χ2v) is 3.43. The number of hydrogen-bond acceptors (Lipinski definition) is 6. The minimum atomic E-state index is -0.811. The highest BCUT2D eigenvalue weighted by molar-refractivity contribution is 5.66. The van der Waals surface area contributed by atoms with Crippen LogP contribution in [0.5, 0.6) is 0 Å². The van der Waals surface area contributed by atoms with E-state index in [0.29, 0.717) is 24.8 Å². The maximum atomic E-state index is 10.3. The lowest BCUT2D eigenvalue weighted by molar-refractivity contribution is -0.137. The average molecular weight is 225 g/mol. The molecule has 0 aliphatic rings. The molecule has 1 aromatic rings. The van der Waals surface area contributed by atoms with E-state index in [1.165, 1.54) is 0 Å². The van der Waals surface area contributed by atoms with E-state index in [1.54, 1.807) is 0 Å². The highest BCUT2D eigenvalue weighted by atomic mass is 16.4. The van der Waals surface area contributed by atoms with E-state index in [-0.39, 0.29) is 24.0 Å². The standard InChI is InChI=1S/C9H15N5O2/c10-7-5(3-1-2-4-6(15)16)8(11)14-9(12)13-7/h1-4H2,(H,15,16)(H6,10,11,12,13,14). The minimum Gasteiger partial charge on any atom is -0.481 e. The number of rotatable bonds is 5. The third kappa shape index (κ3) is 3.26. The van der Waals surface area contributed by atoms with Crippen LogP contribution < -0.4 is 17.2 Å². The zero-order valence-corrected chi connectivity index (χ0v) is 8.81. The average Bonchev–Trinajstić information content (AvgIpc) is 2.14. The van der Waals surface area contributed by atoms with Gasteiger partial charge < -0.3 is 22.3 Å². The number of nitrogen functional groups attached to an aromatic ring is 3. The molecule has 1 aromatic heterocycles. The van der Waals surface area contributed by atoms with Gasteiger partial charge in [0.15, 0.2) is 0 Å². The second-order valence-electron chi connectivity index (χ2n) is 3.43. The Hall–Kier alpha value is -2.05. The van der Waals surface area contributed by atoms with E-state index >= 15 is 0 Å². The first-order valence-corrected chi connectivity index (χ1v) is 4.90. The number of aromatic nitrogens is 2. The zero-order chi connectivity index (χ0) is 12.1. The van der Waals surface area contributed by atoms with Crippen molar-refractivity contribution in [3.8, 4) is 0 Å². The Balaban J connectivity index is 2.57. The SMILES string of the molecule is Nc1nc(N)c(CCCCC(=O)O)c(N)n1. The van der Waals surface area contributed by atoms with Crippen molar-refractivity contribution >= 4 is 23.6 Å². The molecule has 1 rings (SSSR count). The number of unbranched alkanes of at least 4 members (excludes halogenated alkanes) is 1. The van der Waals surface area contributed by atoms with Gasteiger partial charge in [-0.1, -0.05) is 0 Å². The summed E-state index contributed by atoms with van der Waals surface area (Å²) in [4.78, 5) is 17.9. The van der Waals surface area contributed by atoms with Crippen LogP contribution in [0.15, 0.2) is 0 Å². The van der Waals surface area contributed by atoms with Crippen LogP contribution in [0.2, 0.25) is 0 Å². The van der Waals surface area contributed by atoms with Crippen molar-refractivity contribution in [2.75, 3.05) is 17.2 Å². The fourth-order valence-corrected chi connectivity index (χ4v) is 1.37. The van der Waals surface area contributed by atoms with Gasteiger partial charge >= 0.3 is 5.97 Å². The van der Waals surface area contributed by atoms with Crippen molar-refractivity contribution < 1.29 is 9.90 Å². The van der Waals surface area contributed by atoms with Gasteiger partial charge in [-0.3, -0.25) is 4.79 Å². The topological polar surface area (TPSA) is 141 Å². The molecule has 1 heterocycles. The molecular formula is C9H15N5O2. The molecule has 16 heavy (non-hydrogen) atoms. The van der Waals surface area contributed by atoms with Crippen LogP contribution in [-0.4, -0.2) is 21.0 Å². The van der Waals surface area contributed by atoms with Crippen LogP contribution in [0.1, 0.15) is 24.8 Å². The Morgan fingerprint density at radius 3 is 2.19 bits per heavy atom. The third-order valence-corrected chi connectivity index (χ3v) is 2.16. The summed E-state index contributed by atoms with van der Waals surface area (Å²) in [5.41, 5.74) is 17.3. The summed E-state index contributed by atoms with van der Waals surface area (Å²) in [6.45, 7) is 0. The smallest absolute Gasteiger partial charge is 0.303 e. The first kappa shape index (κ1) is 12.0.